The van der Waals surface area contributed by atoms with Crippen LogP contribution in [0.2, 0.25) is 0 Å². The number of benzene rings is 1. The Morgan fingerprint density at radius 1 is 1.38 bits per heavy atom. The highest BCUT2D eigenvalue weighted by molar-refractivity contribution is 14.0. The normalized spacial score (nSPS) is 16.9. The minimum Gasteiger partial charge on any atom is -0.493 e. The lowest BCUT2D eigenvalue weighted by Crippen LogP contribution is -2.37. The molecule has 1 aromatic rings. The fourth-order valence-corrected chi connectivity index (χ4v) is 2.63. The van der Waals surface area contributed by atoms with E-state index in [1.807, 2.05) is 6.92 Å². The van der Waals surface area contributed by atoms with Crippen LogP contribution >= 0.6 is 24.0 Å². The number of rotatable bonds is 9. The van der Waals surface area contributed by atoms with E-state index >= 15 is 0 Å². The van der Waals surface area contributed by atoms with Crippen molar-refractivity contribution < 1.29 is 13.9 Å². The zero-order chi connectivity index (χ0) is 17.9. The van der Waals surface area contributed by atoms with Crippen molar-refractivity contribution in [2.24, 2.45) is 10.9 Å². The zero-order valence-corrected chi connectivity index (χ0v) is 18.1. The van der Waals surface area contributed by atoms with E-state index in [9.17, 15) is 4.39 Å². The fraction of sp³-hybridized carbons (Fsp3) is 0.632. The number of hydrogen-bond donors (Lipinski definition) is 2. The quantitative estimate of drug-likeness (QED) is 0.247. The van der Waals surface area contributed by atoms with Crippen LogP contribution in [0.1, 0.15) is 30.9 Å². The Morgan fingerprint density at radius 2 is 2.23 bits per heavy atom. The maximum atomic E-state index is 12.3. The van der Waals surface area contributed by atoms with Gasteiger partial charge in [-0.2, -0.15) is 0 Å². The summed E-state index contributed by atoms with van der Waals surface area (Å²) in [4.78, 5) is 4.59. The van der Waals surface area contributed by atoms with E-state index < -0.39 is 0 Å². The molecule has 0 aromatic heterocycles. The van der Waals surface area contributed by atoms with Crippen LogP contribution in [0.3, 0.4) is 0 Å². The van der Waals surface area contributed by atoms with Gasteiger partial charge in [-0.05, 0) is 38.3 Å². The molecule has 5 nitrogen and oxygen atoms in total. The first kappa shape index (κ1) is 23.0. The molecule has 1 saturated heterocycles. The Morgan fingerprint density at radius 3 is 2.92 bits per heavy atom. The van der Waals surface area contributed by atoms with Gasteiger partial charge in [0.05, 0.1) is 26.4 Å². The molecule has 1 aromatic carbocycles. The maximum Gasteiger partial charge on any atom is 0.191 e. The van der Waals surface area contributed by atoms with Gasteiger partial charge in [0.25, 0.3) is 0 Å². The summed E-state index contributed by atoms with van der Waals surface area (Å²) in [7, 11) is 0. The molecule has 26 heavy (non-hydrogen) atoms. The highest BCUT2D eigenvalue weighted by Crippen LogP contribution is 2.23. The van der Waals surface area contributed by atoms with Gasteiger partial charge in [0.15, 0.2) is 5.96 Å². The second kappa shape index (κ2) is 13.1. The third-order valence-electron chi connectivity index (χ3n) is 4.08. The van der Waals surface area contributed by atoms with Crippen molar-refractivity contribution in [3.8, 4) is 5.75 Å². The van der Waals surface area contributed by atoms with Crippen molar-refractivity contribution >= 4 is 29.9 Å². The van der Waals surface area contributed by atoms with Gasteiger partial charge >= 0.3 is 0 Å². The van der Waals surface area contributed by atoms with Crippen LogP contribution in [-0.4, -0.2) is 45.5 Å². The molecule has 1 aliphatic heterocycles. The number of nitrogens with one attached hydrogen (secondary N) is 2. The predicted octanol–water partition coefficient (Wildman–Crippen LogP) is 3.44. The Hall–Kier alpha value is -1.09. The Labute approximate surface area is 173 Å². The number of alkyl halides is 1. The molecule has 0 radical (unpaired) electrons. The summed E-state index contributed by atoms with van der Waals surface area (Å²) in [6.45, 7) is 7.88. The largest absolute Gasteiger partial charge is 0.493 e. The van der Waals surface area contributed by atoms with Gasteiger partial charge in [-0.1, -0.05) is 12.1 Å². The molecule has 1 fully saturated rings. The third-order valence-corrected chi connectivity index (χ3v) is 4.08. The second-order valence-corrected chi connectivity index (χ2v) is 6.32. The summed E-state index contributed by atoms with van der Waals surface area (Å²) in [5.41, 5.74) is 2.21. The van der Waals surface area contributed by atoms with Crippen LogP contribution in [0.25, 0.3) is 0 Å². The van der Waals surface area contributed by atoms with E-state index in [-0.39, 0.29) is 30.7 Å². The minimum atomic E-state index is -0.326. The standard InChI is InChI=1S/C19H30FN3O2.HI/c1-3-21-19(22-9-4-8-20)23-12-17-6-5-15(2)11-18(17)25-14-16-7-10-24-13-16;/h5-6,11,16H,3-4,7-10,12-14H2,1-2H3,(H2,21,22,23);1H. The zero-order valence-electron chi connectivity index (χ0n) is 15.7. The van der Waals surface area contributed by atoms with Crippen molar-refractivity contribution in [1.29, 1.82) is 0 Å². The maximum absolute atomic E-state index is 12.3. The number of halogens is 2. The summed E-state index contributed by atoms with van der Waals surface area (Å²) in [6, 6.07) is 6.19. The van der Waals surface area contributed by atoms with E-state index in [1.165, 1.54) is 5.56 Å². The molecule has 0 saturated carbocycles. The summed E-state index contributed by atoms with van der Waals surface area (Å²) >= 11 is 0. The average molecular weight is 479 g/mol. The SMILES string of the molecule is CCNC(=NCc1ccc(C)cc1OCC1CCOC1)NCCCF.I. The summed E-state index contributed by atoms with van der Waals surface area (Å²) in [5.74, 6) is 2.05. The molecular formula is C19H31FIN3O2. The van der Waals surface area contributed by atoms with Gasteiger partial charge in [0, 0.05) is 31.2 Å². The molecule has 0 amide bonds. The van der Waals surface area contributed by atoms with Gasteiger partial charge in [0.2, 0.25) is 0 Å². The molecular weight excluding hydrogens is 448 g/mol. The van der Waals surface area contributed by atoms with E-state index in [1.54, 1.807) is 0 Å². The van der Waals surface area contributed by atoms with Crippen LogP contribution in [0.5, 0.6) is 5.75 Å². The van der Waals surface area contributed by atoms with Gasteiger partial charge in [0.1, 0.15) is 5.75 Å². The predicted molar refractivity (Wildman–Crippen MR) is 114 cm³/mol. The van der Waals surface area contributed by atoms with E-state index in [0.29, 0.717) is 38.0 Å². The molecule has 2 N–H and O–H groups in total. The smallest absolute Gasteiger partial charge is 0.191 e. The highest BCUT2D eigenvalue weighted by Gasteiger charge is 2.17. The first-order chi connectivity index (χ1) is 12.2. The lowest BCUT2D eigenvalue weighted by atomic mass is 10.1. The summed E-state index contributed by atoms with van der Waals surface area (Å²) < 4.78 is 23.7. The second-order valence-electron chi connectivity index (χ2n) is 6.32. The number of guanidine groups is 1. The van der Waals surface area contributed by atoms with Gasteiger partial charge in [-0.25, -0.2) is 4.99 Å². The van der Waals surface area contributed by atoms with Crippen molar-refractivity contribution in [3.63, 3.8) is 0 Å². The Bertz CT molecular complexity index is 552. The third kappa shape index (κ3) is 8.07. The van der Waals surface area contributed by atoms with E-state index in [2.05, 4.69) is 40.7 Å². The first-order valence-electron chi connectivity index (χ1n) is 9.11. The minimum absolute atomic E-state index is 0. The number of nitrogens with zero attached hydrogens (tertiary/aromatic N) is 1. The van der Waals surface area contributed by atoms with Crippen molar-refractivity contribution in [2.45, 2.75) is 33.2 Å². The van der Waals surface area contributed by atoms with Gasteiger partial charge in [-0.15, -0.1) is 24.0 Å². The van der Waals surface area contributed by atoms with Crippen LogP contribution in [-0.2, 0) is 11.3 Å². The van der Waals surface area contributed by atoms with E-state index in [0.717, 1.165) is 37.5 Å². The number of hydrogen-bond acceptors (Lipinski definition) is 3. The number of aryl methyl sites for hydroxylation is 1. The van der Waals surface area contributed by atoms with Gasteiger partial charge < -0.3 is 20.1 Å². The average Bonchev–Trinajstić information content (AvgIpc) is 3.12. The molecule has 148 valence electrons. The highest BCUT2D eigenvalue weighted by atomic mass is 127. The van der Waals surface area contributed by atoms with Crippen LogP contribution in [0.4, 0.5) is 4.39 Å². The topological polar surface area (TPSA) is 54.9 Å². The lowest BCUT2D eigenvalue weighted by molar-refractivity contribution is 0.166. The van der Waals surface area contributed by atoms with Crippen molar-refractivity contribution in [3.05, 3.63) is 29.3 Å². The monoisotopic (exact) mass is 479 g/mol. The molecule has 7 heteroatoms. The van der Waals surface area contributed by atoms with Gasteiger partial charge in [-0.3, -0.25) is 4.39 Å². The molecule has 2 rings (SSSR count). The molecule has 1 atom stereocenters. The molecule has 1 unspecified atom stereocenters. The fourth-order valence-electron chi connectivity index (χ4n) is 2.63. The molecule has 1 heterocycles. The Kier molecular flexibility index (Phi) is 11.6. The van der Waals surface area contributed by atoms with Crippen LogP contribution in [0.15, 0.2) is 23.2 Å². The van der Waals surface area contributed by atoms with Crippen LogP contribution < -0.4 is 15.4 Å². The summed E-state index contributed by atoms with van der Waals surface area (Å²) in [5, 5.41) is 6.32. The Balaban J connectivity index is 0.00000338. The van der Waals surface area contributed by atoms with E-state index in [4.69, 9.17) is 9.47 Å². The number of aliphatic imine (C=N–C) groups is 1. The van der Waals surface area contributed by atoms with Crippen molar-refractivity contribution in [2.75, 3.05) is 39.6 Å². The molecule has 0 spiro atoms. The lowest BCUT2D eigenvalue weighted by Gasteiger charge is -2.15. The summed E-state index contributed by atoms with van der Waals surface area (Å²) in [6.07, 6.45) is 1.54. The number of ether oxygens (including phenoxy) is 2. The molecule has 1 aliphatic rings. The molecule has 0 aliphatic carbocycles. The first-order valence-corrected chi connectivity index (χ1v) is 9.11. The van der Waals surface area contributed by atoms with Crippen LogP contribution in [0, 0.1) is 12.8 Å². The van der Waals surface area contributed by atoms with Crippen molar-refractivity contribution in [1.82, 2.24) is 10.6 Å². The molecule has 0 bridgehead atoms.